The molecule has 2 aromatic carbocycles. The van der Waals surface area contributed by atoms with Crippen LogP contribution in [0.2, 0.25) is 0 Å². The Kier molecular flexibility index (Phi) is 10.3. The second kappa shape index (κ2) is 13.2. The Morgan fingerprint density at radius 1 is 0.895 bits per heavy atom. The van der Waals surface area contributed by atoms with E-state index in [1.807, 2.05) is 17.8 Å². The van der Waals surface area contributed by atoms with E-state index in [0.29, 0.717) is 0 Å². The number of rotatable bonds is 3. The van der Waals surface area contributed by atoms with E-state index < -0.39 is 11.9 Å². The second-order valence-electron chi connectivity index (χ2n) is 9.93. The molecule has 3 aliphatic rings. The van der Waals surface area contributed by atoms with Crippen molar-refractivity contribution in [3.63, 3.8) is 0 Å². The third-order valence-corrected chi connectivity index (χ3v) is 8.51. The molecule has 2 aliphatic heterocycles. The van der Waals surface area contributed by atoms with Gasteiger partial charge in [-0.15, -0.1) is 0 Å². The van der Waals surface area contributed by atoms with Crippen molar-refractivity contribution in [3.8, 4) is 0 Å². The van der Waals surface area contributed by atoms with E-state index in [1.165, 1.54) is 38.6 Å². The van der Waals surface area contributed by atoms with Crippen LogP contribution in [0.3, 0.4) is 0 Å². The molecule has 0 spiro atoms. The Labute approximate surface area is 226 Å². The number of ketones is 1. The molecule has 2 fully saturated rings. The topological polar surface area (TPSA) is 147 Å². The van der Waals surface area contributed by atoms with Gasteiger partial charge in [-0.05, 0) is 86.3 Å². The minimum absolute atomic E-state index is 0. The molecule has 0 amide bonds. The number of carbonyl (C=O) groups excluding carboxylic acids is 1. The summed E-state index contributed by atoms with van der Waals surface area (Å²) in [6.45, 7) is 5.04. The highest BCUT2D eigenvalue weighted by Gasteiger charge is 2.28. The molecule has 2 heterocycles. The number of hydrogen-bond donors (Lipinski definition) is 3. The van der Waals surface area contributed by atoms with Gasteiger partial charge in [-0.25, -0.2) is 9.59 Å². The van der Waals surface area contributed by atoms with Crippen LogP contribution in [0.5, 0.6) is 0 Å². The molecule has 1 aliphatic carbocycles. The number of fused-ring (bicyclic) bond motifs is 2. The van der Waals surface area contributed by atoms with Gasteiger partial charge in [-0.1, -0.05) is 41.6 Å². The van der Waals surface area contributed by atoms with Gasteiger partial charge in [0.25, 0.3) is 0 Å². The molecule has 0 radical (unpaired) electrons. The van der Waals surface area contributed by atoms with Crippen molar-refractivity contribution in [2.24, 2.45) is 5.92 Å². The summed E-state index contributed by atoms with van der Waals surface area (Å²) in [6.07, 6.45) is 6.38. The summed E-state index contributed by atoms with van der Waals surface area (Å²) in [5.74, 6) is -2.78. The quantitative estimate of drug-likeness (QED) is 0.331. The number of aliphatic hydroxyl groups excluding tert-OH is 1. The van der Waals surface area contributed by atoms with Crippen LogP contribution >= 0.6 is 11.8 Å². The van der Waals surface area contributed by atoms with Crippen molar-refractivity contribution < 1.29 is 35.2 Å². The highest BCUT2D eigenvalue weighted by molar-refractivity contribution is 7.99. The maximum atomic E-state index is 12.1. The van der Waals surface area contributed by atoms with Gasteiger partial charge in [0.15, 0.2) is 5.78 Å². The van der Waals surface area contributed by atoms with E-state index in [1.54, 1.807) is 6.92 Å². The number of aliphatic hydroxyl groups is 1. The largest absolute Gasteiger partial charge is 0.473 e. The van der Waals surface area contributed by atoms with E-state index >= 15 is 0 Å². The molecular weight excluding hydrogens is 506 g/mol. The summed E-state index contributed by atoms with van der Waals surface area (Å²) >= 11 is 1.82. The molecule has 38 heavy (non-hydrogen) atoms. The Hall–Kier alpha value is -2.98. The summed E-state index contributed by atoms with van der Waals surface area (Å²) in [5.41, 5.74) is 6.26. The monoisotopic (exact) mass is 541 g/mol. The molecular formula is C29H35NO7S. The molecule has 5 rings (SSSR count). The minimum atomic E-state index is -1.82. The fourth-order valence-corrected chi connectivity index (χ4v) is 6.46. The SMILES string of the molecule is CC(=O)c1ccc2c(c1)C(=C1CCN(CC3CCC(O)CC3)CC1)c1ccccc1S2.O.O=C(O)C(=O)O. The zero-order valence-corrected chi connectivity index (χ0v) is 22.3. The molecule has 5 N–H and O–H groups in total. The normalized spacial score (nSPS) is 20.7. The van der Waals surface area contributed by atoms with Crippen LogP contribution in [0.1, 0.15) is 66.9 Å². The Balaban J connectivity index is 0.000000516. The predicted octanol–water partition coefficient (Wildman–Crippen LogP) is 4.13. The first kappa shape index (κ1) is 29.6. The van der Waals surface area contributed by atoms with Crippen LogP contribution in [-0.2, 0) is 9.59 Å². The molecule has 1 saturated heterocycles. The molecule has 1 saturated carbocycles. The summed E-state index contributed by atoms with van der Waals surface area (Å²) < 4.78 is 0. The number of hydrogen-bond acceptors (Lipinski definition) is 6. The molecule has 8 nitrogen and oxygen atoms in total. The minimum Gasteiger partial charge on any atom is -0.473 e. The van der Waals surface area contributed by atoms with Crippen molar-refractivity contribution in [2.75, 3.05) is 19.6 Å². The number of nitrogens with zero attached hydrogens (tertiary/aromatic N) is 1. The predicted molar refractivity (Wildman–Crippen MR) is 146 cm³/mol. The van der Waals surface area contributed by atoms with E-state index in [-0.39, 0.29) is 17.4 Å². The van der Waals surface area contributed by atoms with Crippen LogP contribution in [0.4, 0.5) is 0 Å². The van der Waals surface area contributed by atoms with Crippen molar-refractivity contribution >= 4 is 35.1 Å². The highest BCUT2D eigenvalue weighted by atomic mass is 32.2. The molecule has 0 unspecified atom stereocenters. The van der Waals surface area contributed by atoms with Gasteiger partial charge >= 0.3 is 11.9 Å². The van der Waals surface area contributed by atoms with E-state index in [4.69, 9.17) is 19.8 Å². The van der Waals surface area contributed by atoms with Gasteiger partial charge < -0.3 is 25.7 Å². The fourth-order valence-electron chi connectivity index (χ4n) is 5.39. The van der Waals surface area contributed by atoms with E-state index in [2.05, 4.69) is 41.3 Å². The van der Waals surface area contributed by atoms with Crippen LogP contribution in [0.15, 0.2) is 57.8 Å². The first-order chi connectivity index (χ1) is 17.7. The first-order valence-corrected chi connectivity index (χ1v) is 13.6. The van der Waals surface area contributed by atoms with Crippen molar-refractivity contribution in [1.29, 1.82) is 0 Å². The molecule has 0 bridgehead atoms. The maximum absolute atomic E-state index is 12.1. The van der Waals surface area contributed by atoms with Gasteiger partial charge in [-0.3, -0.25) is 4.79 Å². The number of aliphatic carboxylic acids is 2. The van der Waals surface area contributed by atoms with E-state index in [9.17, 15) is 9.90 Å². The number of carboxylic acid groups (broad SMARTS) is 2. The third-order valence-electron chi connectivity index (χ3n) is 7.36. The first-order valence-electron chi connectivity index (χ1n) is 12.7. The molecule has 204 valence electrons. The summed E-state index contributed by atoms with van der Waals surface area (Å²) in [5, 5.41) is 24.6. The lowest BCUT2D eigenvalue weighted by Gasteiger charge is -2.35. The number of carbonyl (C=O) groups is 3. The van der Waals surface area contributed by atoms with Crippen molar-refractivity contribution in [3.05, 3.63) is 64.7 Å². The van der Waals surface area contributed by atoms with E-state index in [0.717, 1.165) is 63.1 Å². The Bertz CT molecular complexity index is 1200. The lowest BCUT2D eigenvalue weighted by atomic mass is 9.85. The highest BCUT2D eigenvalue weighted by Crippen LogP contribution is 2.48. The zero-order valence-electron chi connectivity index (χ0n) is 21.5. The van der Waals surface area contributed by atoms with Crippen LogP contribution in [-0.4, -0.2) is 69.2 Å². The Morgan fingerprint density at radius 2 is 1.50 bits per heavy atom. The average Bonchev–Trinajstić information content (AvgIpc) is 2.89. The van der Waals surface area contributed by atoms with Crippen LogP contribution in [0.25, 0.3) is 5.57 Å². The Morgan fingerprint density at radius 3 is 2.11 bits per heavy atom. The van der Waals surface area contributed by atoms with Crippen molar-refractivity contribution in [1.82, 2.24) is 4.90 Å². The van der Waals surface area contributed by atoms with Gasteiger partial charge in [0.1, 0.15) is 0 Å². The number of piperidine rings is 1. The average molecular weight is 542 g/mol. The molecule has 0 atom stereocenters. The molecule has 0 aromatic heterocycles. The summed E-state index contributed by atoms with van der Waals surface area (Å²) in [7, 11) is 0. The smallest absolute Gasteiger partial charge is 0.414 e. The molecule has 9 heteroatoms. The number of benzene rings is 2. The lowest BCUT2D eigenvalue weighted by Crippen LogP contribution is -2.36. The third kappa shape index (κ3) is 7.11. The number of likely N-dealkylation sites (tertiary alicyclic amines) is 1. The maximum Gasteiger partial charge on any atom is 0.414 e. The van der Waals surface area contributed by atoms with Gasteiger partial charge in [0.05, 0.1) is 6.10 Å². The fraction of sp³-hybridized carbons (Fsp3) is 0.414. The second-order valence-corrected chi connectivity index (χ2v) is 11.0. The zero-order chi connectivity index (χ0) is 26.5. The number of Topliss-reactive ketones (excluding diaryl/α,β-unsaturated/α-hetero) is 1. The molecule has 2 aromatic rings. The lowest BCUT2D eigenvalue weighted by molar-refractivity contribution is -0.159. The van der Waals surface area contributed by atoms with Crippen molar-refractivity contribution in [2.45, 2.75) is 61.3 Å². The van der Waals surface area contributed by atoms with Gasteiger partial charge in [0.2, 0.25) is 0 Å². The van der Waals surface area contributed by atoms with Crippen LogP contribution in [0, 0.1) is 5.92 Å². The number of carboxylic acids is 2. The summed E-state index contributed by atoms with van der Waals surface area (Å²) in [6, 6.07) is 14.9. The van der Waals surface area contributed by atoms with Gasteiger partial charge in [0, 0.05) is 35.0 Å². The van der Waals surface area contributed by atoms with Gasteiger partial charge in [-0.2, -0.15) is 0 Å². The standard InChI is InChI=1S/C27H31NO2S.C2H2O4.H2O/c1-18(29)21-8-11-26-24(16-21)27(23-4-2-3-5-25(23)31-26)20-12-14-28(15-13-20)17-19-6-9-22(30)10-7-19;3-1(4)2(5)6;/h2-5,8,11,16,19,22,30H,6-7,9-10,12-15,17H2,1H3;(H,3,4)(H,5,6);1H2. The van der Waals surface area contributed by atoms with Crippen LogP contribution < -0.4 is 0 Å². The summed E-state index contributed by atoms with van der Waals surface area (Å²) in [4.78, 5) is 35.5.